The number of thioether (sulfide) groups is 1. The van der Waals surface area contributed by atoms with Gasteiger partial charge in [0.2, 0.25) is 5.82 Å². The molecule has 1 atom stereocenters. The number of aromatic nitrogens is 3. The Morgan fingerprint density at radius 3 is 2.70 bits per heavy atom. The number of carbonyl (C=O) groups excluding carboxylic acids is 1. The Bertz CT molecular complexity index is 1960. The van der Waals surface area contributed by atoms with Crippen LogP contribution in [-0.4, -0.2) is 46.3 Å². The maximum atomic E-state index is 15.8. The number of imidazole rings is 1. The molecule has 0 bridgehead atoms. The minimum atomic E-state index is -3.42. The van der Waals surface area contributed by atoms with E-state index in [2.05, 4.69) is 15.0 Å². The highest BCUT2D eigenvalue weighted by Crippen LogP contribution is 2.52. The number of aryl methyl sites for hydroxylation is 1. The van der Waals surface area contributed by atoms with Crippen molar-refractivity contribution in [2.75, 3.05) is 19.5 Å². The van der Waals surface area contributed by atoms with Gasteiger partial charge in [-0.1, -0.05) is 18.2 Å². The second-order valence-corrected chi connectivity index (χ2v) is 11.7. The molecule has 2 aromatic heterocycles. The molecule has 240 valence electrons. The van der Waals surface area contributed by atoms with E-state index in [1.54, 1.807) is 31.4 Å². The molecule has 13 heteroatoms. The maximum absolute atomic E-state index is 15.8. The first-order valence-corrected chi connectivity index (χ1v) is 15.6. The molecule has 0 aliphatic carbocycles. The fraction of sp³-hybridized carbons (Fsp3) is 0.273. The molecule has 0 amide bonds. The van der Waals surface area contributed by atoms with Gasteiger partial charge in [0.15, 0.2) is 18.2 Å². The van der Waals surface area contributed by atoms with Crippen molar-refractivity contribution in [2.24, 2.45) is 0 Å². The number of alkyl halides is 2. The molecule has 7 nitrogen and oxygen atoms in total. The summed E-state index contributed by atoms with van der Waals surface area (Å²) in [6, 6.07) is 9.95. The molecule has 6 rings (SSSR count). The Morgan fingerprint density at radius 2 is 1.93 bits per heavy atom. The smallest absolute Gasteiger partial charge is 0.306 e. The summed E-state index contributed by atoms with van der Waals surface area (Å²) in [4.78, 5) is 22.0. The van der Waals surface area contributed by atoms with Crippen LogP contribution in [0.25, 0.3) is 22.3 Å². The SMILES string of the molecule is CCOC(=O)CCc1cccc2c1OCC(F)(F)[C@]2(C)c1cnc(-c2cc(Oc3c(F)c(F)c4[nH]ccc4c3SC)ccc2F)[nH]1. The van der Waals surface area contributed by atoms with Crippen LogP contribution in [0.1, 0.15) is 37.1 Å². The van der Waals surface area contributed by atoms with Gasteiger partial charge >= 0.3 is 5.97 Å². The van der Waals surface area contributed by atoms with E-state index >= 15 is 17.6 Å². The number of rotatable bonds is 9. The first-order valence-electron chi connectivity index (χ1n) is 14.3. The van der Waals surface area contributed by atoms with E-state index in [9.17, 15) is 9.18 Å². The quantitative estimate of drug-likeness (QED) is 0.0942. The van der Waals surface area contributed by atoms with Gasteiger partial charge in [-0.05, 0) is 56.4 Å². The van der Waals surface area contributed by atoms with Crippen LogP contribution in [0, 0.1) is 17.5 Å². The lowest BCUT2D eigenvalue weighted by Gasteiger charge is -2.42. The summed E-state index contributed by atoms with van der Waals surface area (Å²) < 4.78 is 92.9. The zero-order chi connectivity index (χ0) is 32.8. The Kier molecular flexibility index (Phi) is 8.21. The summed E-state index contributed by atoms with van der Waals surface area (Å²) in [5.74, 6) is -7.19. The van der Waals surface area contributed by atoms with Crippen molar-refractivity contribution in [3.05, 3.63) is 89.1 Å². The number of fused-ring (bicyclic) bond motifs is 2. The third-order valence-electron chi connectivity index (χ3n) is 8.21. The largest absolute Gasteiger partial charge is 0.487 e. The minimum Gasteiger partial charge on any atom is -0.487 e. The molecule has 2 N–H and O–H groups in total. The number of aromatic amines is 2. The number of H-pyrrole nitrogens is 2. The Morgan fingerprint density at radius 1 is 1.13 bits per heavy atom. The van der Waals surface area contributed by atoms with E-state index in [-0.39, 0.29) is 64.9 Å². The fourth-order valence-electron chi connectivity index (χ4n) is 5.71. The van der Waals surface area contributed by atoms with Crippen molar-refractivity contribution in [3.8, 4) is 28.6 Å². The van der Waals surface area contributed by atoms with Crippen LogP contribution in [0.3, 0.4) is 0 Å². The molecule has 0 saturated carbocycles. The van der Waals surface area contributed by atoms with Crippen molar-refractivity contribution >= 4 is 28.6 Å². The normalized spacial score (nSPS) is 17.0. The minimum absolute atomic E-state index is 0.0109. The van der Waals surface area contributed by atoms with Gasteiger partial charge in [-0.3, -0.25) is 4.79 Å². The molecule has 5 aromatic rings. The third kappa shape index (κ3) is 5.16. The molecule has 0 spiro atoms. The van der Waals surface area contributed by atoms with E-state index in [0.717, 1.165) is 17.8 Å². The average molecular weight is 658 g/mol. The first-order chi connectivity index (χ1) is 22.0. The van der Waals surface area contributed by atoms with Crippen LogP contribution in [0.15, 0.2) is 59.8 Å². The molecule has 3 heterocycles. The molecular weight excluding hydrogens is 629 g/mol. The van der Waals surface area contributed by atoms with E-state index in [1.807, 2.05) is 0 Å². The lowest BCUT2D eigenvalue weighted by atomic mass is 9.72. The summed E-state index contributed by atoms with van der Waals surface area (Å²) in [5, 5.41) is 0.411. The third-order valence-corrected chi connectivity index (χ3v) is 9.02. The van der Waals surface area contributed by atoms with Crippen LogP contribution in [0.5, 0.6) is 17.2 Å². The molecule has 1 aliphatic heterocycles. The van der Waals surface area contributed by atoms with Gasteiger partial charge in [-0.25, -0.2) is 22.5 Å². The zero-order valence-corrected chi connectivity index (χ0v) is 25.7. The van der Waals surface area contributed by atoms with Gasteiger partial charge in [0, 0.05) is 29.8 Å². The topological polar surface area (TPSA) is 89.2 Å². The molecule has 46 heavy (non-hydrogen) atoms. The lowest BCUT2D eigenvalue weighted by Crippen LogP contribution is -2.51. The number of benzene rings is 3. The van der Waals surface area contributed by atoms with Crippen LogP contribution in [0.2, 0.25) is 0 Å². The van der Waals surface area contributed by atoms with Crippen molar-refractivity contribution < 1.29 is 41.0 Å². The number of hydrogen-bond donors (Lipinski definition) is 2. The predicted octanol–water partition coefficient (Wildman–Crippen LogP) is 8.32. The number of carbonyl (C=O) groups is 1. The second kappa shape index (κ2) is 12.0. The average Bonchev–Trinajstić information content (AvgIpc) is 3.73. The highest BCUT2D eigenvalue weighted by atomic mass is 32.2. The van der Waals surface area contributed by atoms with Crippen molar-refractivity contribution in [3.63, 3.8) is 0 Å². The Balaban J connectivity index is 1.36. The lowest BCUT2D eigenvalue weighted by molar-refractivity contribution is -0.143. The van der Waals surface area contributed by atoms with Gasteiger partial charge in [0.05, 0.1) is 28.3 Å². The number of halogens is 5. The van der Waals surface area contributed by atoms with Crippen LogP contribution in [0.4, 0.5) is 22.0 Å². The van der Waals surface area contributed by atoms with Gasteiger partial charge < -0.3 is 24.2 Å². The Hall–Kier alpha value is -4.52. The summed E-state index contributed by atoms with van der Waals surface area (Å²) in [6.07, 6.45) is 4.63. The number of nitrogens with one attached hydrogen (secondary N) is 2. The Labute approximate surface area is 264 Å². The predicted molar refractivity (Wildman–Crippen MR) is 162 cm³/mol. The first kappa shape index (κ1) is 31.5. The second-order valence-electron chi connectivity index (χ2n) is 10.9. The molecular formula is C33H28F5N3O4S. The standard InChI is InChI=1S/C33H28F5N3O4S/c1-4-43-24(42)11-8-17-6-5-7-21-28(17)44-16-33(37,38)32(21,2)23-15-40-31(41-23)20-14-18(9-10-22(20)34)45-29-26(36)25(35)27-19(12-13-39-27)30(29)46-3/h5-7,9-10,12-15,39H,4,8,11,16H2,1-3H3,(H,40,41)/t32-/m0/s1. The molecule has 1 aliphatic rings. The van der Waals surface area contributed by atoms with Gasteiger partial charge in [0.1, 0.15) is 28.6 Å². The van der Waals surface area contributed by atoms with Crippen molar-refractivity contribution in [2.45, 2.75) is 42.9 Å². The molecule has 0 unspecified atom stereocenters. The fourth-order valence-corrected chi connectivity index (χ4v) is 6.41. The van der Waals surface area contributed by atoms with Crippen LogP contribution >= 0.6 is 11.8 Å². The molecule has 0 saturated heterocycles. The number of esters is 1. The number of ether oxygens (including phenoxy) is 3. The number of para-hydroxylation sites is 1. The number of hydrogen-bond acceptors (Lipinski definition) is 6. The molecule has 3 aromatic carbocycles. The van der Waals surface area contributed by atoms with E-state index < -0.39 is 41.4 Å². The van der Waals surface area contributed by atoms with Gasteiger partial charge in [-0.15, -0.1) is 11.8 Å². The summed E-state index contributed by atoms with van der Waals surface area (Å²) in [6.45, 7) is 2.32. The van der Waals surface area contributed by atoms with Crippen LogP contribution in [-0.2, 0) is 21.4 Å². The summed E-state index contributed by atoms with van der Waals surface area (Å²) in [5.41, 5.74) is -1.41. The maximum Gasteiger partial charge on any atom is 0.306 e. The highest BCUT2D eigenvalue weighted by Gasteiger charge is 2.58. The summed E-state index contributed by atoms with van der Waals surface area (Å²) >= 11 is 1.15. The molecule has 0 fully saturated rings. The summed E-state index contributed by atoms with van der Waals surface area (Å²) in [7, 11) is 0. The van der Waals surface area contributed by atoms with Gasteiger partial charge in [0.25, 0.3) is 5.92 Å². The molecule has 0 radical (unpaired) electrons. The monoisotopic (exact) mass is 657 g/mol. The van der Waals surface area contributed by atoms with Crippen molar-refractivity contribution in [1.82, 2.24) is 15.0 Å². The van der Waals surface area contributed by atoms with E-state index in [0.29, 0.717) is 15.8 Å². The highest BCUT2D eigenvalue weighted by molar-refractivity contribution is 7.99. The van der Waals surface area contributed by atoms with Crippen LogP contribution < -0.4 is 9.47 Å². The zero-order valence-electron chi connectivity index (χ0n) is 24.9. The number of nitrogens with zero attached hydrogens (tertiary/aromatic N) is 1. The van der Waals surface area contributed by atoms with Gasteiger partial charge in [-0.2, -0.15) is 4.39 Å². The van der Waals surface area contributed by atoms with E-state index in [4.69, 9.17) is 14.2 Å². The van der Waals surface area contributed by atoms with E-state index in [1.165, 1.54) is 37.5 Å². The van der Waals surface area contributed by atoms with Crippen molar-refractivity contribution in [1.29, 1.82) is 0 Å².